The summed E-state index contributed by atoms with van der Waals surface area (Å²) in [7, 11) is 0. The maximum atomic E-state index is 12.8. The van der Waals surface area contributed by atoms with Gasteiger partial charge in [-0.3, -0.25) is 14.6 Å². The smallest absolute Gasteiger partial charge is 0.224 e. The van der Waals surface area contributed by atoms with E-state index in [1.807, 2.05) is 0 Å². The third-order valence-corrected chi connectivity index (χ3v) is 6.76. The Balaban J connectivity index is 1.22. The molecule has 166 valence electrons. The Morgan fingerprint density at radius 3 is 2.16 bits per heavy atom. The van der Waals surface area contributed by atoms with Crippen LogP contribution in [0, 0.1) is 11.8 Å². The van der Waals surface area contributed by atoms with Gasteiger partial charge < -0.3 is 5.32 Å². The van der Waals surface area contributed by atoms with Gasteiger partial charge in [-0.25, -0.2) is 0 Å². The highest BCUT2D eigenvalue weighted by atomic mass is 16.1. The van der Waals surface area contributed by atoms with Crippen LogP contribution in [0.25, 0.3) is 0 Å². The second kappa shape index (κ2) is 10.9. The van der Waals surface area contributed by atoms with Gasteiger partial charge in [-0.15, -0.1) is 0 Å². The number of carbonyl (C=O) groups excluding carboxylic acids is 1. The number of rotatable bonds is 7. The van der Waals surface area contributed by atoms with Gasteiger partial charge in [0, 0.05) is 32.7 Å². The Bertz CT molecular complexity index is 820. The van der Waals surface area contributed by atoms with Crippen LogP contribution in [0.5, 0.6) is 0 Å². The quantitative estimate of drug-likeness (QED) is 0.720. The molecular formula is C27H37N3O. The van der Waals surface area contributed by atoms with E-state index in [4.69, 9.17) is 0 Å². The van der Waals surface area contributed by atoms with E-state index in [-0.39, 0.29) is 11.8 Å². The standard InChI is InChI=1S/C27H37N3O/c1-22-7-5-15-29(18-22)20-25-13-11-23(12-14-25)17-28-27(31)26-10-6-16-30(21-26)19-24-8-3-2-4-9-24/h2-4,8-9,11-14,22,26H,5-7,10,15-21H2,1H3,(H,28,31). The van der Waals surface area contributed by atoms with E-state index in [2.05, 4.69) is 76.6 Å². The van der Waals surface area contributed by atoms with Crippen molar-refractivity contribution in [2.75, 3.05) is 26.2 Å². The lowest BCUT2D eigenvalue weighted by Crippen LogP contribution is -2.42. The molecule has 2 unspecified atom stereocenters. The number of likely N-dealkylation sites (tertiary alicyclic amines) is 2. The molecule has 1 amide bonds. The van der Waals surface area contributed by atoms with E-state index in [9.17, 15) is 4.79 Å². The molecule has 31 heavy (non-hydrogen) atoms. The van der Waals surface area contributed by atoms with Crippen LogP contribution in [0.2, 0.25) is 0 Å². The molecule has 4 nitrogen and oxygen atoms in total. The van der Waals surface area contributed by atoms with Gasteiger partial charge in [-0.2, -0.15) is 0 Å². The Morgan fingerprint density at radius 1 is 0.839 bits per heavy atom. The number of benzene rings is 2. The third-order valence-electron chi connectivity index (χ3n) is 6.76. The minimum atomic E-state index is 0.0952. The van der Waals surface area contributed by atoms with Gasteiger partial charge in [-0.1, -0.05) is 61.5 Å². The van der Waals surface area contributed by atoms with E-state index in [0.717, 1.165) is 44.9 Å². The van der Waals surface area contributed by atoms with Crippen LogP contribution in [-0.4, -0.2) is 41.9 Å². The molecule has 0 spiro atoms. The molecule has 0 aliphatic carbocycles. The van der Waals surface area contributed by atoms with Crippen LogP contribution < -0.4 is 5.32 Å². The van der Waals surface area contributed by atoms with E-state index in [0.29, 0.717) is 6.54 Å². The molecule has 2 aliphatic rings. The molecule has 0 radical (unpaired) electrons. The lowest BCUT2D eigenvalue weighted by molar-refractivity contribution is -0.126. The molecule has 0 bridgehead atoms. The minimum Gasteiger partial charge on any atom is -0.352 e. The van der Waals surface area contributed by atoms with Crippen molar-refractivity contribution < 1.29 is 4.79 Å². The third kappa shape index (κ3) is 6.65. The van der Waals surface area contributed by atoms with Crippen molar-refractivity contribution in [1.29, 1.82) is 0 Å². The highest BCUT2D eigenvalue weighted by Gasteiger charge is 2.25. The number of nitrogens with zero attached hydrogens (tertiary/aromatic N) is 2. The molecule has 2 atom stereocenters. The molecule has 1 N–H and O–H groups in total. The molecule has 2 aromatic rings. The Morgan fingerprint density at radius 2 is 1.45 bits per heavy atom. The fourth-order valence-electron chi connectivity index (χ4n) is 5.04. The zero-order valence-corrected chi connectivity index (χ0v) is 18.9. The molecule has 2 aromatic carbocycles. The van der Waals surface area contributed by atoms with Crippen molar-refractivity contribution in [2.24, 2.45) is 11.8 Å². The molecule has 2 fully saturated rings. The Kier molecular flexibility index (Phi) is 7.76. The van der Waals surface area contributed by atoms with Gasteiger partial charge in [0.2, 0.25) is 5.91 Å². The molecular weight excluding hydrogens is 382 g/mol. The molecule has 4 rings (SSSR count). The summed E-state index contributed by atoms with van der Waals surface area (Å²) in [5.41, 5.74) is 3.87. The topological polar surface area (TPSA) is 35.6 Å². The second-order valence-electron chi connectivity index (χ2n) is 9.58. The molecule has 0 saturated carbocycles. The van der Waals surface area contributed by atoms with E-state index in [1.54, 1.807) is 0 Å². The summed E-state index contributed by atoms with van der Waals surface area (Å²) in [6.45, 7) is 9.30. The maximum Gasteiger partial charge on any atom is 0.224 e. The first-order chi connectivity index (χ1) is 15.2. The average Bonchev–Trinajstić information content (AvgIpc) is 2.79. The van der Waals surface area contributed by atoms with E-state index in [1.165, 1.54) is 42.6 Å². The minimum absolute atomic E-state index is 0.0952. The summed E-state index contributed by atoms with van der Waals surface area (Å²) in [5.74, 6) is 1.11. The molecule has 2 heterocycles. The summed E-state index contributed by atoms with van der Waals surface area (Å²) < 4.78 is 0. The molecule has 0 aromatic heterocycles. The average molecular weight is 420 g/mol. The van der Waals surface area contributed by atoms with Gasteiger partial charge in [-0.05, 0) is 61.4 Å². The summed E-state index contributed by atoms with van der Waals surface area (Å²) in [5, 5.41) is 3.18. The van der Waals surface area contributed by atoms with E-state index < -0.39 is 0 Å². The fraction of sp³-hybridized carbons (Fsp3) is 0.519. The normalized spacial score (nSPS) is 22.9. The maximum absolute atomic E-state index is 12.8. The molecule has 2 aliphatic heterocycles. The zero-order chi connectivity index (χ0) is 21.5. The van der Waals surface area contributed by atoms with Crippen molar-refractivity contribution >= 4 is 5.91 Å². The first kappa shape index (κ1) is 22.0. The predicted molar refractivity (Wildman–Crippen MR) is 126 cm³/mol. The lowest BCUT2D eigenvalue weighted by atomic mass is 9.96. The molecule has 4 heteroatoms. The number of amides is 1. The van der Waals surface area contributed by atoms with Crippen LogP contribution in [0.4, 0.5) is 0 Å². The highest BCUT2D eigenvalue weighted by Crippen LogP contribution is 2.20. The largest absolute Gasteiger partial charge is 0.352 e. The fourth-order valence-corrected chi connectivity index (χ4v) is 5.04. The van der Waals surface area contributed by atoms with Crippen molar-refractivity contribution in [1.82, 2.24) is 15.1 Å². The Hall–Kier alpha value is -2.17. The summed E-state index contributed by atoms with van der Waals surface area (Å²) in [6.07, 6.45) is 4.76. The van der Waals surface area contributed by atoms with Gasteiger partial charge in [0.15, 0.2) is 0 Å². The van der Waals surface area contributed by atoms with Crippen LogP contribution in [0.1, 0.15) is 49.3 Å². The Labute approximate surface area is 187 Å². The summed E-state index contributed by atoms with van der Waals surface area (Å²) in [6, 6.07) is 19.3. The predicted octanol–water partition coefficient (Wildman–Crippen LogP) is 4.45. The van der Waals surface area contributed by atoms with Gasteiger partial charge in [0.25, 0.3) is 0 Å². The molecule has 2 saturated heterocycles. The van der Waals surface area contributed by atoms with Crippen molar-refractivity contribution in [3.63, 3.8) is 0 Å². The first-order valence-corrected chi connectivity index (χ1v) is 12.0. The van der Waals surface area contributed by atoms with Crippen LogP contribution in [0.15, 0.2) is 54.6 Å². The zero-order valence-electron chi connectivity index (χ0n) is 18.9. The van der Waals surface area contributed by atoms with Gasteiger partial charge >= 0.3 is 0 Å². The van der Waals surface area contributed by atoms with Crippen LogP contribution >= 0.6 is 0 Å². The van der Waals surface area contributed by atoms with Gasteiger partial charge in [0.1, 0.15) is 0 Å². The van der Waals surface area contributed by atoms with Crippen molar-refractivity contribution in [3.8, 4) is 0 Å². The summed E-state index contributed by atoms with van der Waals surface area (Å²) in [4.78, 5) is 17.8. The van der Waals surface area contributed by atoms with Crippen LogP contribution in [-0.2, 0) is 24.4 Å². The van der Waals surface area contributed by atoms with Crippen LogP contribution in [0.3, 0.4) is 0 Å². The van der Waals surface area contributed by atoms with Crippen molar-refractivity contribution in [2.45, 2.75) is 52.2 Å². The number of hydrogen-bond acceptors (Lipinski definition) is 3. The highest BCUT2D eigenvalue weighted by molar-refractivity contribution is 5.79. The number of piperidine rings is 2. The lowest BCUT2D eigenvalue weighted by Gasteiger charge is -2.32. The number of carbonyl (C=O) groups is 1. The van der Waals surface area contributed by atoms with E-state index >= 15 is 0 Å². The first-order valence-electron chi connectivity index (χ1n) is 12.0. The second-order valence-corrected chi connectivity index (χ2v) is 9.58. The SMILES string of the molecule is CC1CCCN(Cc2ccc(CNC(=O)C3CCCN(Cc4ccccc4)C3)cc2)C1. The number of nitrogens with one attached hydrogen (secondary N) is 1. The monoisotopic (exact) mass is 419 g/mol. The van der Waals surface area contributed by atoms with Gasteiger partial charge in [0.05, 0.1) is 5.92 Å². The van der Waals surface area contributed by atoms with Crippen molar-refractivity contribution in [3.05, 3.63) is 71.3 Å². The number of hydrogen-bond donors (Lipinski definition) is 1. The summed E-state index contributed by atoms with van der Waals surface area (Å²) >= 11 is 0.